The zero-order valence-electron chi connectivity index (χ0n) is 16.7. The van der Waals surface area contributed by atoms with Gasteiger partial charge in [0.05, 0.1) is 17.7 Å². The lowest BCUT2D eigenvalue weighted by molar-refractivity contribution is 0.0458. The van der Waals surface area contributed by atoms with Gasteiger partial charge in [-0.1, -0.05) is 27.7 Å². The lowest BCUT2D eigenvalue weighted by atomic mass is 9.98. The predicted molar refractivity (Wildman–Crippen MR) is 107 cm³/mol. The van der Waals surface area contributed by atoms with Gasteiger partial charge < -0.3 is 20.1 Å². The van der Waals surface area contributed by atoms with E-state index in [9.17, 15) is 14.7 Å². The van der Waals surface area contributed by atoms with Crippen LogP contribution in [0.3, 0.4) is 0 Å². The lowest BCUT2D eigenvalue weighted by Crippen LogP contribution is -2.09. The second-order valence-electron chi connectivity index (χ2n) is 7.28. The van der Waals surface area contributed by atoms with Crippen molar-refractivity contribution in [1.82, 2.24) is 0 Å². The fourth-order valence-corrected chi connectivity index (χ4v) is 2.32. The first kappa shape index (κ1) is 23.0. The molecule has 0 amide bonds. The first-order chi connectivity index (χ1) is 13.1. The average Bonchev–Trinajstić information content (AvgIpc) is 2.60. The van der Waals surface area contributed by atoms with Crippen LogP contribution in [0, 0.1) is 11.8 Å². The Hall–Kier alpha value is -3.02. The SMILES string of the molecule is CC(C)COC(=O)c1ccc(O)cc1.CC(C)Cc1cc(O)ccc1C(=O)O. The minimum atomic E-state index is -0.944. The largest absolute Gasteiger partial charge is 0.508 e. The van der Waals surface area contributed by atoms with Crippen LogP contribution in [0.15, 0.2) is 42.5 Å². The van der Waals surface area contributed by atoms with E-state index in [0.717, 1.165) is 0 Å². The highest BCUT2D eigenvalue weighted by molar-refractivity contribution is 5.90. The average molecular weight is 388 g/mol. The van der Waals surface area contributed by atoms with Gasteiger partial charge in [0.15, 0.2) is 0 Å². The number of aromatic carboxylic acids is 1. The molecule has 28 heavy (non-hydrogen) atoms. The molecule has 0 radical (unpaired) electrons. The minimum absolute atomic E-state index is 0.116. The summed E-state index contributed by atoms with van der Waals surface area (Å²) in [5.74, 6) is -0.332. The van der Waals surface area contributed by atoms with Crippen LogP contribution in [0.4, 0.5) is 0 Å². The van der Waals surface area contributed by atoms with Gasteiger partial charge in [0.2, 0.25) is 0 Å². The summed E-state index contributed by atoms with van der Waals surface area (Å²) in [5, 5.41) is 27.1. The number of esters is 1. The van der Waals surface area contributed by atoms with Crippen LogP contribution in [0.5, 0.6) is 11.5 Å². The standard InChI is InChI=1S/2C11H14O3/c1-8(2)7-14-11(13)9-3-5-10(12)6-4-9;1-7(2)5-8-6-9(12)3-4-10(8)11(13)14/h3-6,8,12H,7H2,1-2H3;3-4,6-7,12H,5H2,1-2H3,(H,13,14). The van der Waals surface area contributed by atoms with Crippen molar-refractivity contribution in [2.45, 2.75) is 34.1 Å². The van der Waals surface area contributed by atoms with E-state index in [4.69, 9.17) is 14.9 Å². The summed E-state index contributed by atoms with van der Waals surface area (Å²) in [6, 6.07) is 10.4. The fraction of sp³-hybridized carbons (Fsp3) is 0.364. The molecule has 0 saturated heterocycles. The zero-order chi connectivity index (χ0) is 21.3. The van der Waals surface area contributed by atoms with Crippen LogP contribution in [0.25, 0.3) is 0 Å². The number of carboxylic acid groups (broad SMARTS) is 1. The van der Waals surface area contributed by atoms with Gasteiger partial charge in [0.1, 0.15) is 11.5 Å². The molecule has 0 aromatic heterocycles. The minimum Gasteiger partial charge on any atom is -0.508 e. The normalized spacial score (nSPS) is 10.4. The maximum absolute atomic E-state index is 11.4. The quantitative estimate of drug-likeness (QED) is 0.630. The molecule has 2 aromatic rings. The lowest BCUT2D eigenvalue weighted by Gasteiger charge is -2.08. The van der Waals surface area contributed by atoms with E-state index in [-0.39, 0.29) is 23.0 Å². The molecule has 3 N–H and O–H groups in total. The molecule has 0 heterocycles. The maximum atomic E-state index is 11.4. The number of hydrogen-bond donors (Lipinski definition) is 3. The molecule has 0 bridgehead atoms. The van der Waals surface area contributed by atoms with Crippen molar-refractivity contribution in [3.63, 3.8) is 0 Å². The number of carbonyl (C=O) groups excluding carboxylic acids is 1. The molecule has 0 aliphatic heterocycles. The van der Waals surface area contributed by atoms with Crippen LogP contribution >= 0.6 is 0 Å². The Morgan fingerprint density at radius 3 is 1.96 bits per heavy atom. The summed E-state index contributed by atoms with van der Waals surface area (Å²) in [6.45, 7) is 8.39. The molecule has 0 atom stereocenters. The third kappa shape index (κ3) is 8.12. The van der Waals surface area contributed by atoms with Gasteiger partial charge in [0, 0.05) is 0 Å². The van der Waals surface area contributed by atoms with Crippen molar-refractivity contribution in [1.29, 1.82) is 0 Å². The van der Waals surface area contributed by atoms with E-state index in [2.05, 4.69) is 0 Å². The monoisotopic (exact) mass is 388 g/mol. The number of rotatable bonds is 6. The van der Waals surface area contributed by atoms with Gasteiger partial charge in [-0.15, -0.1) is 0 Å². The summed E-state index contributed by atoms with van der Waals surface area (Å²) in [7, 11) is 0. The van der Waals surface area contributed by atoms with Crippen molar-refractivity contribution >= 4 is 11.9 Å². The van der Waals surface area contributed by atoms with E-state index >= 15 is 0 Å². The highest BCUT2D eigenvalue weighted by Crippen LogP contribution is 2.19. The van der Waals surface area contributed by atoms with Crippen molar-refractivity contribution in [3.8, 4) is 11.5 Å². The molecule has 0 unspecified atom stereocenters. The molecule has 2 aromatic carbocycles. The fourth-order valence-electron chi connectivity index (χ4n) is 2.32. The summed E-state index contributed by atoms with van der Waals surface area (Å²) in [6.07, 6.45) is 0.663. The molecule has 152 valence electrons. The highest BCUT2D eigenvalue weighted by Gasteiger charge is 2.11. The Morgan fingerprint density at radius 2 is 1.46 bits per heavy atom. The van der Waals surface area contributed by atoms with Crippen LogP contribution in [0.2, 0.25) is 0 Å². The van der Waals surface area contributed by atoms with Gasteiger partial charge in [-0.25, -0.2) is 9.59 Å². The highest BCUT2D eigenvalue weighted by atomic mass is 16.5. The van der Waals surface area contributed by atoms with E-state index in [0.29, 0.717) is 36.0 Å². The van der Waals surface area contributed by atoms with Gasteiger partial charge in [-0.05, 0) is 66.3 Å². The number of carboxylic acids is 1. The number of carbonyl (C=O) groups is 2. The van der Waals surface area contributed by atoms with Crippen molar-refractivity contribution in [2.75, 3.05) is 6.61 Å². The summed E-state index contributed by atoms with van der Waals surface area (Å²) < 4.78 is 5.01. The number of ether oxygens (including phenoxy) is 1. The second-order valence-corrected chi connectivity index (χ2v) is 7.28. The number of phenols is 2. The smallest absolute Gasteiger partial charge is 0.338 e. The third-order valence-corrected chi connectivity index (χ3v) is 3.60. The van der Waals surface area contributed by atoms with Gasteiger partial charge in [-0.3, -0.25) is 0 Å². The number of hydrogen-bond acceptors (Lipinski definition) is 5. The topological polar surface area (TPSA) is 104 Å². The summed E-state index contributed by atoms with van der Waals surface area (Å²) in [5.41, 5.74) is 1.42. The van der Waals surface area contributed by atoms with Crippen molar-refractivity contribution in [2.24, 2.45) is 11.8 Å². The summed E-state index contributed by atoms with van der Waals surface area (Å²) >= 11 is 0. The molecule has 0 spiro atoms. The number of phenolic OH excluding ortho intramolecular Hbond substituents is 2. The molecule has 6 nitrogen and oxygen atoms in total. The van der Waals surface area contributed by atoms with E-state index in [1.165, 1.54) is 42.5 Å². The molecule has 0 aliphatic carbocycles. The third-order valence-electron chi connectivity index (χ3n) is 3.60. The first-order valence-corrected chi connectivity index (χ1v) is 9.11. The Kier molecular flexibility index (Phi) is 9.02. The predicted octanol–water partition coefficient (Wildman–Crippen LogP) is 4.49. The van der Waals surface area contributed by atoms with E-state index < -0.39 is 5.97 Å². The molecule has 2 rings (SSSR count). The zero-order valence-corrected chi connectivity index (χ0v) is 16.7. The van der Waals surface area contributed by atoms with Crippen LogP contribution in [-0.4, -0.2) is 33.9 Å². The maximum Gasteiger partial charge on any atom is 0.338 e. The Morgan fingerprint density at radius 1 is 0.893 bits per heavy atom. The summed E-state index contributed by atoms with van der Waals surface area (Å²) in [4.78, 5) is 22.2. The number of aromatic hydroxyl groups is 2. The van der Waals surface area contributed by atoms with Gasteiger partial charge in [0.25, 0.3) is 0 Å². The van der Waals surface area contributed by atoms with E-state index in [1.54, 1.807) is 0 Å². The molecule has 6 heteroatoms. The van der Waals surface area contributed by atoms with Gasteiger partial charge >= 0.3 is 11.9 Å². The molecule has 0 fully saturated rings. The number of benzene rings is 2. The Bertz CT molecular complexity index is 778. The van der Waals surface area contributed by atoms with Crippen molar-refractivity contribution < 1.29 is 29.6 Å². The van der Waals surface area contributed by atoms with Crippen LogP contribution in [-0.2, 0) is 11.2 Å². The van der Waals surface area contributed by atoms with Crippen molar-refractivity contribution in [3.05, 3.63) is 59.2 Å². The Labute approximate surface area is 165 Å². The second kappa shape index (κ2) is 11.0. The molecule has 0 saturated carbocycles. The van der Waals surface area contributed by atoms with Gasteiger partial charge in [-0.2, -0.15) is 0 Å². The Balaban J connectivity index is 0.000000280. The molecular weight excluding hydrogens is 360 g/mol. The molecule has 0 aliphatic rings. The first-order valence-electron chi connectivity index (χ1n) is 9.11. The van der Waals surface area contributed by atoms with E-state index in [1.807, 2.05) is 27.7 Å². The molecular formula is C22H28O6. The van der Waals surface area contributed by atoms with Crippen LogP contribution in [0.1, 0.15) is 54.0 Å². The van der Waals surface area contributed by atoms with Crippen LogP contribution < -0.4 is 0 Å².